The molecule has 0 saturated heterocycles. The molecule has 2 fully saturated rings. The molecule has 7 atom stereocenters. The van der Waals surface area contributed by atoms with Crippen LogP contribution in [0.4, 0.5) is 10.6 Å². The number of carbonyl (C=O) groups is 2. The van der Waals surface area contributed by atoms with Gasteiger partial charge in [-0.3, -0.25) is 9.69 Å². The van der Waals surface area contributed by atoms with Gasteiger partial charge in [0.2, 0.25) is 0 Å². The molecule has 1 aromatic heterocycles. The molecule has 1 spiro atoms. The Balaban J connectivity index is 1.56. The summed E-state index contributed by atoms with van der Waals surface area (Å²) >= 11 is 0. The highest BCUT2D eigenvalue weighted by Crippen LogP contribution is 2.70. The van der Waals surface area contributed by atoms with Gasteiger partial charge >= 0.3 is 6.09 Å². The average Bonchev–Trinajstić information content (AvgIpc) is 3.35. The Bertz CT molecular complexity index is 1100. The third-order valence-corrected chi connectivity index (χ3v) is 8.95. The van der Waals surface area contributed by atoms with Gasteiger partial charge in [0.1, 0.15) is 11.9 Å². The second kappa shape index (κ2) is 7.47. The van der Waals surface area contributed by atoms with E-state index in [0.29, 0.717) is 23.7 Å². The molecule has 1 heterocycles. The summed E-state index contributed by atoms with van der Waals surface area (Å²) in [4.78, 5) is 32.5. The molecule has 2 bridgehead atoms. The number of hydrogen-bond acceptors (Lipinski definition) is 7. The van der Waals surface area contributed by atoms with Gasteiger partial charge in [0.25, 0.3) is 0 Å². The Labute approximate surface area is 198 Å². The number of ether oxygens (including phenoxy) is 1. The van der Waals surface area contributed by atoms with E-state index in [1.54, 1.807) is 43.5 Å². The number of allylic oxidation sites excluding steroid dienone is 1. The largest absolute Gasteiger partial charge is 0.438 e. The average molecular weight is 469 g/mol. The molecule has 3 N–H and O–H groups in total. The van der Waals surface area contributed by atoms with Crippen molar-refractivity contribution in [3.8, 4) is 0 Å². The van der Waals surface area contributed by atoms with Crippen molar-refractivity contribution in [2.75, 3.05) is 18.6 Å². The third-order valence-electron chi connectivity index (χ3n) is 8.95. The molecule has 2 saturated carbocycles. The van der Waals surface area contributed by atoms with Crippen LogP contribution in [-0.4, -0.2) is 63.6 Å². The molecule has 0 radical (unpaired) electrons. The molecule has 4 aliphatic carbocycles. The molecule has 0 unspecified atom stereocenters. The highest BCUT2D eigenvalue weighted by molar-refractivity contribution is 5.95. The topological polar surface area (TPSA) is 120 Å². The highest BCUT2D eigenvalue weighted by Gasteiger charge is 2.74. The van der Waals surface area contributed by atoms with E-state index in [1.165, 1.54) is 11.9 Å². The quantitative estimate of drug-likeness (QED) is 0.582. The first-order valence-electron chi connectivity index (χ1n) is 11.8. The molecule has 1 aromatic rings. The van der Waals surface area contributed by atoms with E-state index in [2.05, 4.69) is 18.8 Å². The normalized spacial score (nSPS) is 39.6. The van der Waals surface area contributed by atoms with Crippen LogP contribution >= 0.6 is 0 Å². The van der Waals surface area contributed by atoms with E-state index in [-0.39, 0.29) is 22.7 Å². The zero-order valence-corrected chi connectivity index (χ0v) is 19.9. The van der Waals surface area contributed by atoms with Crippen molar-refractivity contribution in [2.24, 2.45) is 28.6 Å². The molecule has 5 rings (SSSR count). The SMILES string of the molecule is CC1=C[C@@]23CC[C@@H]4[C@H]([C@H](C=C(CO)[C@@H](O)[C@]2(O)[C@H]1OC(=O)N(C)c1ccccn1)C3=O)C4(C)C. The number of pyridine rings is 1. The van der Waals surface area contributed by atoms with Gasteiger partial charge in [-0.2, -0.15) is 0 Å². The summed E-state index contributed by atoms with van der Waals surface area (Å²) in [6.45, 7) is 5.48. The van der Waals surface area contributed by atoms with Crippen LogP contribution in [0.5, 0.6) is 0 Å². The van der Waals surface area contributed by atoms with E-state index in [4.69, 9.17) is 4.74 Å². The zero-order valence-electron chi connectivity index (χ0n) is 19.9. The Morgan fingerprint density at radius 2 is 2.06 bits per heavy atom. The molecular weight excluding hydrogens is 436 g/mol. The van der Waals surface area contributed by atoms with Crippen LogP contribution in [0.1, 0.15) is 33.6 Å². The summed E-state index contributed by atoms with van der Waals surface area (Å²) in [5, 5.41) is 33.8. The minimum Gasteiger partial charge on any atom is -0.438 e. The van der Waals surface area contributed by atoms with Gasteiger partial charge in [-0.05, 0) is 60.3 Å². The van der Waals surface area contributed by atoms with Crippen molar-refractivity contribution in [2.45, 2.75) is 51.4 Å². The van der Waals surface area contributed by atoms with E-state index < -0.39 is 41.8 Å². The Kier molecular flexibility index (Phi) is 5.10. The van der Waals surface area contributed by atoms with Gasteiger partial charge in [0.05, 0.1) is 12.0 Å². The maximum atomic E-state index is 14.1. The first kappa shape index (κ1) is 23.2. The maximum absolute atomic E-state index is 14.1. The van der Waals surface area contributed by atoms with Crippen molar-refractivity contribution in [1.29, 1.82) is 0 Å². The fraction of sp³-hybridized carbons (Fsp3) is 0.577. The van der Waals surface area contributed by atoms with Crippen LogP contribution in [-0.2, 0) is 9.53 Å². The molecule has 8 nitrogen and oxygen atoms in total. The van der Waals surface area contributed by atoms with Crippen LogP contribution < -0.4 is 4.90 Å². The zero-order chi connectivity index (χ0) is 24.6. The number of aliphatic hydroxyl groups excluding tert-OH is 2. The number of aliphatic hydroxyl groups is 3. The fourth-order valence-corrected chi connectivity index (χ4v) is 7.04. The second-order valence-corrected chi connectivity index (χ2v) is 10.9. The predicted octanol–water partition coefficient (Wildman–Crippen LogP) is 2.24. The number of amides is 1. The maximum Gasteiger partial charge on any atom is 0.415 e. The van der Waals surface area contributed by atoms with Crippen LogP contribution in [0.3, 0.4) is 0 Å². The standard InChI is InChI=1S/C26H32N2O6/c1-14-12-25-9-8-17-19(24(17,2)3)16(21(25)31)11-15(13-29)20(30)26(25,33)22(14)34-23(32)28(4)18-7-5-6-10-27-18/h5-7,10-12,16-17,19-20,22,29-30,33H,8-9,13H2,1-4H3/t16-,17+,19-,20+,22-,25+,26-/m0/s1. The number of ketones is 1. The Morgan fingerprint density at radius 1 is 1.32 bits per heavy atom. The van der Waals surface area contributed by atoms with Crippen molar-refractivity contribution in [1.82, 2.24) is 4.98 Å². The van der Waals surface area contributed by atoms with Gasteiger partial charge in [-0.15, -0.1) is 0 Å². The van der Waals surface area contributed by atoms with E-state index in [9.17, 15) is 24.9 Å². The van der Waals surface area contributed by atoms with Gasteiger partial charge in [0, 0.05) is 19.2 Å². The van der Waals surface area contributed by atoms with Gasteiger partial charge in [0.15, 0.2) is 17.5 Å². The highest BCUT2D eigenvalue weighted by atomic mass is 16.6. The lowest BCUT2D eigenvalue weighted by atomic mass is 9.63. The summed E-state index contributed by atoms with van der Waals surface area (Å²) < 4.78 is 5.79. The number of carbonyl (C=O) groups excluding carboxylic acids is 2. The summed E-state index contributed by atoms with van der Waals surface area (Å²) in [6, 6.07) is 5.11. The monoisotopic (exact) mass is 468 g/mol. The number of hydrogen-bond donors (Lipinski definition) is 3. The number of anilines is 1. The van der Waals surface area contributed by atoms with Crippen LogP contribution in [0.2, 0.25) is 0 Å². The van der Waals surface area contributed by atoms with Gasteiger partial charge < -0.3 is 20.1 Å². The Morgan fingerprint density at radius 3 is 2.71 bits per heavy atom. The van der Waals surface area contributed by atoms with Gasteiger partial charge in [-0.1, -0.05) is 32.1 Å². The molecular formula is C26H32N2O6. The van der Waals surface area contributed by atoms with Crippen molar-refractivity contribution >= 4 is 17.7 Å². The van der Waals surface area contributed by atoms with Crippen molar-refractivity contribution < 1.29 is 29.6 Å². The van der Waals surface area contributed by atoms with E-state index in [1.807, 2.05) is 0 Å². The lowest BCUT2D eigenvalue weighted by Crippen LogP contribution is -2.64. The lowest BCUT2D eigenvalue weighted by Gasteiger charge is -2.46. The third kappa shape index (κ3) is 2.85. The number of Topliss-reactive ketones (excluding diaryl/α,β-unsaturated/α-hetero) is 1. The van der Waals surface area contributed by atoms with Crippen molar-refractivity contribution in [3.63, 3.8) is 0 Å². The Hall–Kier alpha value is -2.55. The summed E-state index contributed by atoms with van der Waals surface area (Å²) in [5.41, 5.74) is -2.87. The first-order chi connectivity index (χ1) is 16.0. The minimum atomic E-state index is -2.13. The van der Waals surface area contributed by atoms with E-state index in [0.717, 1.165) is 6.42 Å². The smallest absolute Gasteiger partial charge is 0.415 e. The molecule has 8 heteroatoms. The first-order valence-corrected chi connectivity index (χ1v) is 11.8. The molecule has 0 aliphatic heterocycles. The van der Waals surface area contributed by atoms with Crippen LogP contribution in [0.15, 0.2) is 47.7 Å². The molecule has 4 aliphatic rings. The molecule has 1 amide bonds. The van der Waals surface area contributed by atoms with Crippen LogP contribution in [0, 0.1) is 28.6 Å². The van der Waals surface area contributed by atoms with Crippen LogP contribution in [0.25, 0.3) is 0 Å². The number of aromatic nitrogens is 1. The lowest BCUT2D eigenvalue weighted by molar-refractivity contribution is -0.181. The number of nitrogens with zero attached hydrogens (tertiary/aromatic N) is 2. The van der Waals surface area contributed by atoms with E-state index >= 15 is 0 Å². The summed E-state index contributed by atoms with van der Waals surface area (Å²) in [5.74, 6) is 0.0527. The molecule has 0 aromatic carbocycles. The summed E-state index contributed by atoms with van der Waals surface area (Å²) in [7, 11) is 1.50. The summed E-state index contributed by atoms with van der Waals surface area (Å²) in [6.07, 6.45) is 2.37. The van der Waals surface area contributed by atoms with Gasteiger partial charge in [-0.25, -0.2) is 9.78 Å². The number of rotatable bonds is 3. The predicted molar refractivity (Wildman–Crippen MR) is 124 cm³/mol. The minimum absolute atomic E-state index is 0.0267. The molecule has 34 heavy (non-hydrogen) atoms. The van der Waals surface area contributed by atoms with Crippen molar-refractivity contribution in [3.05, 3.63) is 47.7 Å². The second-order valence-electron chi connectivity index (χ2n) is 10.9. The fourth-order valence-electron chi connectivity index (χ4n) is 7.04. The number of fused-ring (bicyclic) bond motifs is 3. The molecule has 182 valence electrons.